The maximum Gasteiger partial charge on any atom is 0.262 e. The number of methoxy groups -OCH3 is 1. The van der Waals surface area contributed by atoms with Gasteiger partial charge in [-0.15, -0.1) is 0 Å². The van der Waals surface area contributed by atoms with Gasteiger partial charge in [-0.1, -0.05) is 12.1 Å². The Bertz CT molecular complexity index is 903. The zero-order valence-corrected chi connectivity index (χ0v) is 15.7. The number of benzene rings is 3. The number of aliphatic hydroxyl groups excluding tert-OH is 1. The van der Waals surface area contributed by atoms with Crippen LogP contribution in [0.2, 0.25) is 0 Å². The maximum atomic E-state index is 13.3. The number of aryl methyl sites for hydroxylation is 1. The number of ether oxygens (including phenoxy) is 1. The highest BCUT2D eigenvalue weighted by Crippen LogP contribution is 2.30. The minimum Gasteiger partial charge on any atom is -0.508 e. The molecule has 0 spiro atoms. The molecule has 0 fully saturated rings. The summed E-state index contributed by atoms with van der Waals surface area (Å²) < 4.78 is 5.21. The molecule has 28 heavy (non-hydrogen) atoms. The summed E-state index contributed by atoms with van der Waals surface area (Å²) in [6.07, 6.45) is 1.46. The molecule has 0 aliphatic heterocycles. The summed E-state index contributed by atoms with van der Waals surface area (Å²) in [5.41, 5.74) is 2.97. The average Bonchev–Trinajstić information content (AvgIpc) is 2.74. The number of hydrogen-bond acceptors (Lipinski definition) is 4. The third-order valence-corrected chi connectivity index (χ3v) is 4.47. The van der Waals surface area contributed by atoms with E-state index in [1.165, 1.54) is 0 Å². The second kappa shape index (κ2) is 9.06. The van der Waals surface area contributed by atoms with Crippen LogP contribution in [0.1, 0.15) is 22.3 Å². The predicted octanol–water partition coefficient (Wildman–Crippen LogP) is 4.30. The molecule has 0 saturated heterocycles. The number of phenolic OH excluding ortho intramolecular Hbond substituents is 1. The fourth-order valence-corrected chi connectivity index (χ4v) is 2.94. The van der Waals surface area contributed by atoms with Crippen molar-refractivity contribution in [3.8, 4) is 11.5 Å². The van der Waals surface area contributed by atoms with Crippen molar-refractivity contribution in [3.63, 3.8) is 0 Å². The number of carbonyl (C=O) groups excluding carboxylic acids is 1. The van der Waals surface area contributed by atoms with Gasteiger partial charge in [-0.05, 0) is 79.1 Å². The van der Waals surface area contributed by atoms with E-state index in [2.05, 4.69) is 0 Å². The summed E-state index contributed by atoms with van der Waals surface area (Å²) in [6.45, 7) is 0.146. The van der Waals surface area contributed by atoms with Crippen molar-refractivity contribution in [1.29, 1.82) is 0 Å². The molecule has 1 amide bonds. The molecule has 5 heteroatoms. The summed E-state index contributed by atoms with van der Waals surface area (Å²) in [6, 6.07) is 21.2. The first-order valence-electron chi connectivity index (χ1n) is 9.09. The minimum absolute atomic E-state index is 0.138. The quantitative estimate of drug-likeness (QED) is 0.644. The van der Waals surface area contributed by atoms with Crippen LogP contribution in [0.4, 0.5) is 11.4 Å². The lowest BCUT2D eigenvalue weighted by Crippen LogP contribution is -2.25. The van der Waals surface area contributed by atoms with E-state index in [4.69, 9.17) is 9.84 Å². The highest BCUT2D eigenvalue weighted by atomic mass is 16.5. The molecule has 0 radical (unpaired) electrons. The number of rotatable bonds is 7. The van der Waals surface area contributed by atoms with Gasteiger partial charge < -0.3 is 14.9 Å². The van der Waals surface area contributed by atoms with Crippen LogP contribution in [0.3, 0.4) is 0 Å². The average molecular weight is 377 g/mol. The van der Waals surface area contributed by atoms with Crippen molar-refractivity contribution in [1.82, 2.24) is 0 Å². The Morgan fingerprint density at radius 3 is 2.00 bits per heavy atom. The summed E-state index contributed by atoms with van der Waals surface area (Å²) in [5, 5.41) is 18.6. The second-order valence-electron chi connectivity index (χ2n) is 6.38. The summed E-state index contributed by atoms with van der Waals surface area (Å²) >= 11 is 0. The molecule has 2 N–H and O–H groups in total. The van der Waals surface area contributed by atoms with Crippen molar-refractivity contribution < 1.29 is 19.7 Å². The lowest BCUT2D eigenvalue weighted by atomic mass is 10.1. The molecule has 5 nitrogen and oxygen atoms in total. The van der Waals surface area contributed by atoms with E-state index in [1.54, 1.807) is 60.5 Å². The molecule has 144 valence electrons. The molecule has 3 aromatic rings. The van der Waals surface area contributed by atoms with E-state index in [0.717, 1.165) is 12.0 Å². The molecule has 0 aliphatic rings. The maximum absolute atomic E-state index is 13.3. The molecule has 3 rings (SSSR count). The molecular formula is C23H23NO4. The van der Waals surface area contributed by atoms with Crippen molar-refractivity contribution in [2.75, 3.05) is 18.6 Å². The van der Waals surface area contributed by atoms with Gasteiger partial charge in [0.25, 0.3) is 5.91 Å². The minimum atomic E-state index is -0.176. The van der Waals surface area contributed by atoms with Gasteiger partial charge in [-0.2, -0.15) is 0 Å². The normalized spacial score (nSPS) is 10.5. The first kappa shape index (κ1) is 19.5. The Morgan fingerprint density at radius 1 is 0.893 bits per heavy atom. The van der Waals surface area contributed by atoms with Gasteiger partial charge in [0.2, 0.25) is 0 Å². The number of anilines is 2. The third-order valence-electron chi connectivity index (χ3n) is 4.47. The Morgan fingerprint density at radius 2 is 1.46 bits per heavy atom. The smallest absolute Gasteiger partial charge is 0.262 e. The molecule has 0 heterocycles. The van der Waals surface area contributed by atoms with E-state index in [0.29, 0.717) is 29.1 Å². The van der Waals surface area contributed by atoms with E-state index in [9.17, 15) is 9.90 Å². The Kier molecular flexibility index (Phi) is 6.29. The van der Waals surface area contributed by atoms with Gasteiger partial charge in [-0.3, -0.25) is 9.69 Å². The number of phenols is 1. The Labute approximate surface area is 164 Å². The first-order chi connectivity index (χ1) is 13.6. The molecule has 0 atom stereocenters. The predicted molar refractivity (Wildman–Crippen MR) is 109 cm³/mol. The number of nitrogens with zero attached hydrogens (tertiary/aromatic N) is 1. The number of amides is 1. The number of aromatic hydroxyl groups is 1. The topological polar surface area (TPSA) is 70.0 Å². The van der Waals surface area contributed by atoms with E-state index in [1.807, 2.05) is 24.3 Å². The zero-order chi connectivity index (χ0) is 19.9. The van der Waals surface area contributed by atoms with E-state index < -0.39 is 0 Å². The van der Waals surface area contributed by atoms with Gasteiger partial charge in [-0.25, -0.2) is 0 Å². The van der Waals surface area contributed by atoms with Crippen molar-refractivity contribution in [3.05, 3.63) is 83.9 Å². The summed E-state index contributed by atoms with van der Waals surface area (Å²) in [4.78, 5) is 14.9. The monoisotopic (exact) mass is 377 g/mol. The lowest BCUT2D eigenvalue weighted by molar-refractivity contribution is 0.0999. The van der Waals surface area contributed by atoms with E-state index >= 15 is 0 Å². The van der Waals surface area contributed by atoms with Crippen LogP contribution in [0.5, 0.6) is 11.5 Å². The molecule has 3 aromatic carbocycles. The highest BCUT2D eigenvalue weighted by Gasteiger charge is 2.20. The van der Waals surface area contributed by atoms with Crippen LogP contribution in [0.25, 0.3) is 0 Å². The SMILES string of the molecule is COc1ccc(N(C(=O)c2ccc(CCCO)cc2)c2ccc(O)cc2)cc1. The van der Waals surface area contributed by atoms with Crippen LogP contribution in [-0.2, 0) is 6.42 Å². The molecule has 0 bridgehead atoms. The summed E-state index contributed by atoms with van der Waals surface area (Å²) in [5.74, 6) is 0.666. The first-order valence-corrected chi connectivity index (χ1v) is 9.09. The van der Waals surface area contributed by atoms with Gasteiger partial charge in [0, 0.05) is 23.5 Å². The highest BCUT2D eigenvalue weighted by molar-refractivity contribution is 6.10. The number of hydrogen-bond donors (Lipinski definition) is 2. The zero-order valence-electron chi connectivity index (χ0n) is 15.7. The standard InChI is InChI=1S/C23H23NO4/c1-28-22-14-10-20(11-15-22)24(19-8-12-21(26)13-9-19)23(27)18-6-4-17(5-7-18)3-2-16-25/h4-15,25-26H,2-3,16H2,1H3. The number of carbonyl (C=O) groups is 1. The third kappa shape index (κ3) is 4.50. The van der Waals surface area contributed by atoms with Crippen LogP contribution >= 0.6 is 0 Å². The molecule has 0 aromatic heterocycles. The second-order valence-corrected chi connectivity index (χ2v) is 6.38. The lowest BCUT2D eigenvalue weighted by Gasteiger charge is -2.23. The van der Waals surface area contributed by atoms with Crippen molar-refractivity contribution in [2.24, 2.45) is 0 Å². The Balaban J connectivity index is 1.95. The fraction of sp³-hybridized carbons (Fsp3) is 0.174. The van der Waals surface area contributed by atoms with Crippen molar-refractivity contribution >= 4 is 17.3 Å². The van der Waals surface area contributed by atoms with Gasteiger partial charge in [0.15, 0.2) is 0 Å². The Hall–Kier alpha value is -3.31. The molecule has 0 saturated carbocycles. The summed E-state index contributed by atoms with van der Waals surface area (Å²) in [7, 11) is 1.59. The van der Waals surface area contributed by atoms with Crippen LogP contribution in [0.15, 0.2) is 72.8 Å². The molecule has 0 aliphatic carbocycles. The molecular weight excluding hydrogens is 354 g/mol. The van der Waals surface area contributed by atoms with Crippen LogP contribution < -0.4 is 9.64 Å². The van der Waals surface area contributed by atoms with Gasteiger partial charge >= 0.3 is 0 Å². The van der Waals surface area contributed by atoms with E-state index in [-0.39, 0.29) is 18.3 Å². The van der Waals surface area contributed by atoms with Crippen LogP contribution in [-0.4, -0.2) is 29.8 Å². The van der Waals surface area contributed by atoms with Crippen molar-refractivity contribution in [2.45, 2.75) is 12.8 Å². The fourth-order valence-electron chi connectivity index (χ4n) is 2.94. The van der Waals surface area contributed by atoms with Crippen LogP contribution in [0, 0.1) is 0 Å². The van der Waals surface area contributed by atoms with Gasteiger partial charge in [0.1, 0.15) is 11.5 Å². The molecule has 0 unspecified atom stereocenters. The largest absolute Gasteiger partial charge is 0.508 e. The number of aliphatic hydroxyl groups is 1. The van der Waals surface area contributed by atoms with Gasteiger partial charge in [0.05, 0.1) is 7.11 Å².